The number of carboxylic acids is 1. The van der Waals surface area contributed by atoms with Gasteiger partial charge in [-0.25, -0.2) is 0 Å². The van der Waals surface area contributed by atoms with Crippen LogP contribution in [-0.2, 0) is 14.3 Å². The predicted octanol–water partition coefficient (Wildman–Crippen LogP) is 1.27. The zero-order valence-corrected chi connectivity index (χ0v) is 11.2. The van der Waals surface area contributed by atoms with Gasteiger partial charge in [-0.15, -0.1) is 0 Å². The molecule has 0 spiro atoms. The topological polar surface area (TPSA) is 75.6 Å². The lowest BCUT2D eigenvalue weighted by Crippen LogP contribution is -2.45. The minimum absolute atomic E-state index is 0.231. The van der Waals surface area contributed by atoms with Crippen LogP contribution < -0.4 is 5.32 Å². The average molecular weight is 245 g/mol. The minimum atomic E-state index is -0.900. The van der Waals surface area contributed by atoms with Gasteiger partial charge in [0.2, 0.25) is 0 Å². The standard InChI is InChI=1S/C12H23NO4/c1-8(2)6-9(10(14)17-5)13-7-12(3,4)11(15)16/h8-9,13H,6-7H2,1-5H3,(H,15,16). The van der Waals surface area contributed by atoms with E-state index < -0.39 is 17.4 Å². The van der Waals surface area contributed by atoms with Crippen LogP contribution in [-0.4, -0.2) is 36.7 Å². The van der Waals surface area contributed by atoms with Crippen LogP contribution in [0.2, 0.25) is 0 Å². The van der Waals surface area contributed by atoms with E-state index in [0.717, 1.165) is 0 Å². The van der Waals surface area contributed by atoms with Crippen LogP contribution >= 0.6 is 0 Å². The molecule has 100 valence electrons. The van der Waals surface area contributed by atoms with Gasteiger partial charge in [0, 0.05) is 6.54 Å². The quantitative estimate of drug-likeness (QED) is 0.661. The fourth-order valence-corrected chi connectivity index (χ4v) is 1.33. The van der Waals surface area contributed by atoms with Crippen molar-refractivity contribution >= 4 is 11.9 Å². The molecule has 5 heteroatoms. The summed E-state index contributed by atoms with van der Waals surface area (Å²) in [5.41, 5.74) is -0.900. The van der Waals surface area contributed by atoms with E-state index >= 15 is 0 Å². The second kappa shape index (κ2) is 6.59. The molecule has 1 unspecified atom stereocenters. The Morgan fingerprint density at radius 3 is 2.24 bits per heavy atom. The van der Waals surface area contributed by atoms with Crippen molar-refractivity contribution in [2.45, 2.75) is 40.2 Å². The summed E-state index contributed by atoms with van der Waals surface area (Å²) in [6.45, 7) is 7.47. The Balaban J connectivity index is 4.45. The molecule has 0 aromatic carbocycles. The summed E-state index contributed by atoms with van der Waals surface area (Å²) in [7, 11) is 1.33. The van der Waals surface area contributed by atoms with Gasteiger partial charge in [0.25, 0.3) is 0 Å². The number of nitrogens with one attached hydrogen (secondary N) is 1. The van der Waals surface area contributed by atoms with E-state index in [4.69, 9.17) is 9.84 Å². The molecule has 0 aliphatic heterocycles. The van der Waals surface area contributed by atoms with Crippen molar-refractivity contribution in [2.75, 3.05) is 13.7 Å². The van der Waals surface area contributed by atoms with Crippen molar-refractivity contribution in [1.82, 2.24) is 5.32 Å². The number of hydrogen-bond acceptors (Lipinski definition) is 4. The number of carboxylic acid groups (broad SMARTS) is 1. The number of esters is 1. The van der Waals surface area contributed by atoms with Crippen molar-refractivity contribution in [1.29, 1.82) is 0 Å². The van der Waals surface area contributed by atoms with Gasteiger partial charge in [-0.3, -0.25) is 9.59 Å². The Morgan fingerprint density at radius 1 is 1.35 bits per heavy atom. The number of carbonyl (C=O) groups excluding carboxylic acids is 1. The lowest BCUT2D eigenvalue weighted by Gasteiger charge is -2.24. The first-order chi connectivity index (χ1) is 7.70. The Morgan fingerprint density at radius 2 is 1.88 bits per heavy atom. The summed E-state index contributed by atoms with van der Waals surface area (Å²) in [4.78, 5) is 22.4. The molecule has 0 fully saturated rings. The third kappa shape index (κ3) is 5.68. The van der Waals surface area contributed by atoms with Crippen LogP contribution in [0.25, 0.3) is 0 Å². The molecule has 0 saturated heterocycles. The number of ether oxygens (including phenoxy) is 1. The van der Waals surface area contributed by atoms with Crippen molar-refractivity contribution in [3.05, 3.63) is 0 Å². The maximum atomic E-state index is 11.5. The molecule has 1 atom stereocenters. The van der Waals surface area contributed by atoms with E-state index in [1.807, 2.05) is 13.8 Å². The smallest absolute Gasteiger partial charge is 0.322 e. The molecule has 0 saturated carbocycles. The highest BCUT2D eigenvalue weighted by molar-refractivity contribution is 5.76. The summed E-state index contributed by atoms with van der Waals surface area (Å²) in [5.74, 6) is -0.905. The number of methoxy groups -OCH3 is 1. The van der Waals surface area contributed by atoms with Gasteiger partial charge in [-0.1, -0.05) is 13.8 Å². The lowest BCUT2D eigenvalue weighted by atomic mass is 9.93. The Bertz CT molecular complexity index is 274. The molecule has 0 rings (SSSR count). The fourth-order valence-electron chi connectivity index (χ4n) is 1.33. The Kier molecular flexibility index (Phi) is 6.16. The average Bonchev–Trinajstić information content (AvgIpc) is 2.22. The number of hydrogen-bond donors (Lipinski definition) is 2. The highest BCUT2D eigenvalue weighted by atomic mass is 16.5. The third-order valence-electron chi connectivity index (χ3n) is 2.56. The van der Waals surface area contributed by atoms with Crippen molar-refractivity contribution in [3.63, 3.8) is 0 Å². The van der Waals surface area contributed by atoms with Gasteiger partial charge in [0.15, 0.2) is 0 Å². The molecule has 0 amide bonds. The van der Waals surface area contributed by atoms with Crippen LogP contribution in [0.5, 0.6) is 0 Å². The molecule has 0 aliphatic carbocycles. The van der Waals surface area contributed by atoms with Crippen LogP contribution in [0.4, 0.5) is 0 Å². The predicted molar refractivity (Wildman–Crippen MR) is 64.7 cm³/mol. The van der Waals surface area contributed by atoms with Crippen molar-refractivity contribution < 1.29 is 19.4 Å². The maximum absolute atomic E-state index is 11.5. The molecule has 2 N–H and O–H groups in total. The summed E-state index contributed by atoms with van der Waals surface area (Å²) < 4.78 is 4.69. The van der Waals surface area contributed by atoms with E-state index in [-0.39, 0.29) is 12.5 Å². The van der Waals surface area contributed by atoms with E-state index in [0.29, 0.717) is 12.3 Å². The molecule has 17 heavy (non-hydrogen) atoms. The molecular weight excluding hydrogens is 222 g/mol. The largest absolute Gasteiger partial charge is 0.481 e. The van der Waals surface area contributed by atoms with E-state index in [9.17, 15) is 9.59 Å². The molecule has 0 aromatic rings. The second-order valence-corrected chi connectivity index (χ2v) is 5.28. The third-order valence-corrected chi connectivity index (χ3v) is 2.56. The highest BCUT2D eigenvalue weighted by Gasteiger charge is 2.29. The highest BCUT2D eigenvalue weighted by Crippen LogP contribution is 2.15. The summed E-state index contributed by atoms with van der Waals surface area (Å²) in [6, 6.07) is -0.446. The number of aliphatic carboxylic acids is 1. The lowest BCUT2D eigenvalue weighted by molar-refractivity contribution is -0.148. The zero-order valence-electron chi connectivity index (χ0n) is 11.2. The monoisotopic (exact) mass is 245 g/mol. The molecule has 0 aliphatic rings. The van der Waals surface area contributed by atoms with Gasteiger partial charge in [0.1, 0.15) is 6.04 Å². The Hall–Kier alpha value is -1.10. The minimum Gasteiger partial charge on any atom is -0.481 e. The zero-order chi connectivity index (χ0) is 13.6. The number of rotatable bonds is 7. The normalized spacial score (nSPS) is 13.5. The van der Waals surface area contributed by atoms with Gasteiger partial charge < -0.3 is 15.2 Å². The molecule has 5 nitrogen and oxygen atoms in total. The van der Waals surface area contributed by atoms with Gasteiger partial charge in [-0.05, 0) is 26.2 Å². The van der Waals surface area contributed by atoms with E-state index in [1.165, 1.54) is 7.11 Å². The molecule has 0 radical (unpaired) electrons. The van der Waals surface area contributed by atoms with E-state index in [1.54, 1.807) is 13.8 Å². The summed E-state index contributed by atoms with van der Waals surface area (Å²) >= 11 is 0. The van der Waals surface area contributed by atoms with Crippen molar-refractivity contribution in [2.24, 2.45) is 11.3 Å². The van der Waals surface area contributed by atoms with Gasteiger partial charge >= 0.3 is 11.9 Å². The van der Waals surface area contributed by atoms with E-state index in [2.05, 4.69) is 5.32 Å². The van der Waals surface area contributed by atoms with Crippen LogP contribution in [0.1, 0.15) is 34.1 Å². The maximum Gasteiger partial charge on any atom is 0.322 e. The van der Waals surface area contributed by atoms with Gasteiger partial charge in [0.05, 0.1) is 12.5 Å². The summed E-state index contributed by atoms with van der Waals surface area (Å²) in [6.07, 6.45) is 0.627. The molecule has 0 bridgehead atoms. The first kappa shape index (κ1) is 15.9. The van der Waals surface area contributed by atoms with Crippen LogP contribution in [0.15, 0.2) is 0 Å². The van der Waals surface area contributed by atoms with Crippen LogP contribution in [0, 0.1) is 11.3 Å². The fraction of sp³-hybridized carbons (Fsp3) is 0.833. The molecule has 0 heterocycles. The summed E-state index contributed by atoms with van der Waals surface area (Å²) in [5, 5.41) is 11.9. The second-order valence-electron chi connectivity index (χ2n) is 5.28. The molecular formula is C12H23NO4. The Labute approximate surface area is 103 Å². The van der Waals surface area contributed by atoms with Crippen LogP contribution in [0.3, 0.4) is 0 Å². The number of carbonyl (C=O) groups is 2. The molecule has 0 aromatic heterocycles. The van der Waals surface area contributed by atoms with Gasteiger partial charge in [-0.2, -0.15) is 0 Å². The first-order valence-electron chi connectivity index (χ1n) is 5.75. The SMILES string of the molecule is COC(=O)C(CC(C)C)NCC(C)(C)C(=O)O. The first-order valence-corrected chi connectivity index (χ1v) is 5.75. The van der Waals surface area contributed by atoms with Crippen molar-refractivity contribution in [3.8, 4) is 0 Å².